The molecule has 1 atom stereocenters. The molecule has 23 heavy (non-hydrogen) atoms. The van der Waals surface area contributed by atoms with Crippen LogP contribution >= 0.6 is 0 Å². The monoisotopic (exact) mass is 322 g/mol. The van der Waals surface area contributed by atoms with Crippen LogP contribution in [0.3, 0.4) is 0 Å². The number of piperidine rings is 1. The smallest absolute Gasteiger partial charge is 0.320 e. The molecule has 0 aliphatic carbocycles. The number of amides is 2. The summed E-state index contributed by atoms with van der Waals surface area (Å²) in [5.74, 6) is 0.842. The molecule has 0 N–H and O–H groups in total. The molecular formula is C15H22N4O4. The third kappa shape index (κ3) is 4.01. The Hall–Kier alpha value is -2.09. The van der Waals surface area contributed by atoms with Crippen molar-refractivity contribution < 1.29 is 19.0 Å². The van der Waals surface area contributed by atoms with Crippen LogP contribution in [0.2, 0.25) is 0 Å². The van der Waals surface area contributed by atoms with E-state index in [1.807, 2.05) is 9.80 Å². The van der Waals surface area contributed by atoms with Gasteiger partial charge in [-0.1, -0.05) is 0 Å². The van der Waals surface area contributed by atoms with E-state index in [4.69, 9.17) is 14.2 Å². The number of methoxy groups -OCH3 is 1. The summed E-state index contributed by atoms with van der Waals surface area (Å²) in [5.41, 5.74) is 0. The van der Waals surface area contributed by atoms with Crippen LogP contribution in [0.25, 0.3) is 0 Å². The van der Waals surface area contributed by atoms with Gasteiger partial charge in [-0.3, -0.25) is 4.98 Å². The second-order valence-electron chi connectivity index (χ2n) is 5.61. The zero-order chi connectivity index (χ0) is 16.1. The first kappa shape index (κ1) is 15.8. The van der Waals surface area contributed by atoms with Gasteiger partial charge >= 0.3 is 6.03 Å². The first-order valence-corrected chi connectivity index (χ1v) is 7.90. The van der Waals surface area contributed by atoms with E-state index in [2.05, 4.69) is 9.97 Å². The molecule has 2 aliphatic rings. The molecule has 2 aliphatic heterocycles. The highest BCUT2D eigenvalue weighted by atomic mass is 16.5. The molecule has 0 radical (unpaired) electrons. The summed E-state index contributed by atoms with van der Waals surface area (Å²) in [4.78, 5) is 24.5. The summed E-state index contributed by atoms with van der Waals surface area (Å²) in [6.07, 6.45) is 4.83. The predicted octanol–water partition coefficient (Wildman–Crippen LogP) is 0.781. The van der Waals surface area contributed by atoms with Crippen LogP contribution in [-0.2, 0) is 4.74 Å². The van der Waals surface area contributed by atoms with E-state index in [0.29, 0.717) is 44.6 Å². The van der Waals surface area contributed by atoms with Crippen LogP contribution in [0.4, 0.5) is 4.79 Å². The Morgan fingerprint density at radius 3 is 2.78 bits per heavy atom. The molecular weight excluding hydrogens is 300 g/mol. The Kier molecular flexibility index (Phi) is 5.12. The number of nitrogens with zero attached hydrogens (tertiary/aromatic N) is 4. The second kappa shape index (κ2) is 7.45. The fourth-order valence-corrected chi connectivity index (χ4v) is 2.82. The van der Waals surface area contributed by atoms with Gasteiger partial charge in [0, 0.05) is 19.6 Å². The maximum Gasteiger partial charge on any atom is 0.320 e. The topological polar surface area (TPSA) is 77.0 Å². The van der Waals surface area contributed by atoms with E-state index >= 15 is 0 Å². The largest absolute Gasteiger partial charge is 0.480 e. The number of morpholine rings is 1. The standard InChI is InChI=1S/C15H22N4O4/c1-21-13-9-16-10-14(17-13)23-12-3-2-4-19(11-12)15(20)18-5-7-22-8-6-18/h9-10,12H,2-8,11H2,1H3/t12-/m0/s1. The van der Waals surface area contributed by atoms with Crippen molar-refractivity contribution in [2.45, 2.75) is 18.9 Å². The Labute approximate surface area is 135 Å². The highest BCUT2D eigenvalue weighted by Gasteiger charge is 2.29. The number of rotatable bonds is 3. The van der Waals surface area contributed by atoms with Gasteiger partial charge in [0.25, 0.3) is 0 Å². The number of hydrogen-bond acceptors (Lipinski definition) is 6. The van der Waals surface area contributed by atoms with Gasteiger partial charge in [-0.25, -0.2) is 4.79 Å². The zero-order valence-electron chi connectivity index (χ0n) is 13.3. The minimum Gasteiger partial charge on any atom is -0.480 e. The third-order valence-electron chi connectivity index (χ3n) is 4.02. The van der Waals surface area contributed by atoms with Crippen molar-refractivity contribution in [3.63, 3.8) is 0 Å². The maximum atomic E-state index is 12.5. The van der Waals surface area contributed by atoms with Crippen molar-refractivity contribution in [3.05, 3.63) is 12.4 Å². The van der Waals surface area contributed by atoms with Gasteiger partial charge in [-0.2, -0.15) is 4.98 Å². The molecule has 2 saturated heterocycles. The zero-order valence-corrected chi connectivity index (χ0v) is 13.3. The number of aromatic nitrogens is 2. The molecule has 0 aromatic carbocycles. The molecule has 0 bridgehead atoms. The first-order chi connectivity index (χ1) is 11.3. The Bertz CT molecular complexity index is 536. The second-order valence-corrected chi connectivity index (χ2v) is 5.61. The molecule has 126 valence electrons. The average molecular weight is 322 g/mol. The van der Waals surface area contributed by atoms with Crippen LogP contribution in [0, 0.1) is 0 Å². The van der Waals surface area contributed by atoms with Crippen molar-refractivity contribution in [3.8, 4) is 11.8 Å². The normalized spacial score (nSPS) is 21.9. The lowest BCUT2D eigenvalue weighted by molar-refractivity contribution is 0.0325. The number of carbonyl (C=O) groups is 1. The van der Waals surface area contributed by atoms with E-state index < -0.39 is 0 Å². The number of hydrogen-bond donors (Lipinski definition) is 0. The van der Waals surface area contributed by atoms with Crippen molar-refractivity contribution in [1.82, 2.24) is 19.8 Å². The molecule has 1 aromatic rings. The highest BCUT2D eigenvalue weighted by Crippen LogP contribution is 2.19. The summed E-state index contributed by atoms with van der Waals surface area (Å²) in [6.45, 7) is 3.86. The van der Waals surface area contributed by atoms with Gasteiger partial charge in [-0.15, -0.1) is 0 Å². The van der Waals surface area contributed by atoms with Crippen molar-refractivity contribution >= 4 is 6.03 Å². The van der Waals surface area contributed by atoms with Gasteiger partial charge in [0.05, 0.1) is 39.3 Å². The van der Waals surface area contributed by atoms with Gasteiger partial charge in [0.1, 0.15) is 6.10 Å². The highest BCUT2D eigenvalue weighted by molar-refractivity contribution is 5.74. The molecule has 2 amide bonds. The molecule has 3 heterocycles. The van der Waals surface area contributed by atoms with Gasteiger partial charge in [0.2, 0.25) is 11.8 Å². The van der Waals surface area contributed by atoms with Crippen LogP contribution < -0.4 is 9.47 Å². The fourth-order valence-electron chi connectivity index (χ4n) is 2.82. The summed E-state index contributed by atoms with van der Waals surface area (Å²) >= 11 is 0. The van der Waals surface area contributed by atoms with E-state index in [1.54, 1.807) is 6.20 Å². The minimum absolute atomic E-state index is 0.0679. The molecule has 8 nitrogen and oxygen atoms in total. The molecule has 3 rings (SSSR count). The number of urea groups is 1. The van der Waals surface area contributed by atoms with Crippen molar-refractivity contribution in [2.24, 2.45) is 0 Å². The van der Waals surface area contributed by atoms with Crippen molar-refractivity contribution in [2.75, 3.05) is 46.5 Å². The Balaban J connectivity index is 1.58. The molecule has 0 spiro atoms. The Morgan fingerprint density at radius 1 is 1.22 bits per heavy atom. The lowest BCUT2D eigenvalue weighted by Crippen LogP contribution is -2.52. The van der Waals surface area contributed by atoms with E-state index in [9.17, 15) is 4.79 Å². The SMILES string of the molecule is COc1cncc(O[C@H]2CCCN(C(=O)N3CCOCC3)C2)n1. The number of ether oxygens (including phenoxy) is 3. The summed E-state index contributed by atoms with van der Waals surface area (Å²) in [7, 11) is 1.54. The van der Waals surface area contributed by atoms with Crippen LogP contribution in [0.5, 0.6) is 11.8 Å². The molecule has 1 aromatic heterocycles. The van der Waals surface area contributed by atoms with Crippen LogP contribution in [0.1, 0.15) is 12.8 Å². The van der Waals surface area contributed by atoms with Crippen LogP contribution in [0.15, 0.2) is 12.4 Å². The molecule has 0 saturated carbocycles. The number of likely N-dealkylation sites (tertiary alicyclic amines) is 1. The Morgan fingerprint density at radius 2 is 2.00 bits per heavy atom. The van der Waals surface area contributed by atoms with E-state index in [1.165, 1.54) is 13.3 Å². The van der Waals surface area contributed by atoms with Crippen molar-refractivity contribution in [1.29, 1.82) is 0 Å². The average Bonchev–Trinajstić information content (AvgIpc) is 2.62. The predicted molar refractivity (Wildman–Crippen MR) is 81.6 cm³/mol. The number of carbonyl (C=O) groups excluding carboxylic acids is 1. The van der Waals surface area contributed by atoms with Gasteiger partial charge in [0.15, 0.2) is 0 Å². The lowest BCUT2D eigenvalue weighted by atomic mass is 10.1. The lowest BCUT2D eigenvalue weighted by Gasteiger charge is -2.37. The van der Waals surface area contributed by atoms with Gasteiger partial charge in [-0.05, 0) is 12.8 Å². The van der Waals surface area contributed by atoms with Gasteiger partial charge < -0.3 is 24.0 Å². The quantitative estimate of drug-likeness (QED) is 0.818. The first-order valence-electron chi connectivity index (χ1n) is 7.90. The minimum atomic E-state index is -0.0739. The molecule has 8 heteroatoms. The third-order valence-corrected chi connectivity index (χ3v) is 4.02. The summed E-state index contributed by atoms with van der Waals surface area (Å²) in [6, 6.07) is 0.0679. The van der Waals surface area contributed by atoms with E-state index in [0.717, 1.165) is 19.4 Å². The summed E-state index contributed by atoms with van der Waals surface area (Å²) in [5, 5.41) is 0. The molecule has 0 unspecified atom stereocenters. The van der Waals surface area contributed by atoms with Crippen LogP contribution in [-0.4, -0.2) is 78.4 Å². The molecule has 2 fully saturated rings. The maximum absolute atomic E-state index is 12.5. The van der Waals surface area contributed by atoms with E-state index in [-0.39, 0.29) is 12.1 Å². The summed E-state index contributed by atoms with van der Waals surface area (Å²) < 4.78 is 16.2. The fraction of sp³-hybridized carbons (Fsp3) is 0.667.